The molecule has 8 nitrogen and oxygen atoms in total. The molecular weight excluding hydrogens is 342 g/mol. The smallest absolute Gasteiger partial charge is 0.270 e. The first-order chi connectivity index (χ1) is 13.2. The van der Waals surface area contributed by atoms with Gasteiger partial charge in [0.25, 0.3) is 5.91 Å². The number of aryl methyl sites for hydroxylation is 1. The van der Waals surface area contributed by atoms with E-state index in [4.69, 9.17) is 0 Å². The van der Waals surface area contributed by atoms with E-state index in [1.54, 1.807) is 4.40 Å². The van der Waals surface area contributed by atoms with Crippen molar-refractivity contribution in [3.8, 4) is 5.82 Å². The molecule has 8 heteroatoms. The number of aromatic nitrogens is 5. The molecule has 136 valence electrons. The van der Waals surface area contributed by atoms with Crippen molar-refractivity contribution in [1.82, 2.24) is 29.5 Å². The summed E-state index contributed by atoms with van der Waals surface area (Å²) >= 11 is 0. The first-order valence-electron chi connectivity index (χ1n) is 8.65. The number of nitrogens with zero attached hydrogens (tertiary/aromatic N) is 5. The second-order valence-corrected chi connectivity index (χ2v) is 6.02. The molecule has 0 unspecified atom stereocenters. The van der Waals surface area contributed by atoms with Crippen molar-refractivity contribution in [3.05, 3.63) is 72.4 Å². The van der Waals surface area contributed by atoms with Crippen LogP contribution in [0, 0.1) is 6.92 Å². The lowest BCUT2D eigenvalue weighted by atomic mass is 10.3. The molecule has 0 saturated heterocycles. The van der Waals surface area contributed by atoms with Crippen LogP contribution in [0.15, 0.2) is 61.1 Å². The SMILES string of the molecule is Cc1nc2ccccn2c1C(=O)NCCNc1ccc(-n2cccc2)nn1. The number of anilines is 1. The summed E-state index contributed by atoms with van der Waals surface area (Å²) in [7, 11) is 0. The number of imidazole rings is 1. The summed E-state index contributed by atoms with van der Waals surface area (Å²) in [6, 6.07) is 13.3. The molecule has 1 amide bonds. The van der Waals surface area contributed by atoms with E-state index < -0.39 is 0 Å². The van der Waals surface area contributed by atoms with E-state index in [2.05, 4.69) is 25.8 Å². The van der Waals surface area contributed by atoms with Crippen molar-refractivity contribution in [2.24, 2.45) is 0 Å². The van der Waals surface area contributed by atoms with Gasteiger partial charge in [0.2, 0.25) is 0 Å². The van der Waals surface area contributed by atoms with Crippen LogP contribution >= 0.6 is 0 Å². The normalized spacial score (nSPS) is 10.9. The quantitative estimate of drug-likeness (QED) is 0.513. The Balaban J connectivity index is 1.32. The van der Waals surface area contributed by atoms with Gasteiger partial charge in [0, 0.05) is 31.7 Å². The van der Waals surface area contributed by atoms with Gasteiger partial charge in [-0.2, -0.15) is 0 Å². The van der Waals surface area contributed by atoms with Gasteiger partial charge in [0.05, 0.1) is 5.69 Å². The number of nitrogens with one attached hydrogen (secondary N) is 2. The third-order valence-corrected chi connectivity index (χ3v) is 4.16. The fourth-order valence-corrected chi connectivity index (χ4v) is 2.88. The van der Waals surface area contributed by atoms with Crippen LogP contribution in [0.4, 0.5) is 5.82 Å². The Morgan fingerprint density at radius 1 is 1.00 bits per heavy atom. The Morgan fingerprint density at radius 2 is 1.81 bits per heavy atom. The Labute approximate surface area is 155 Å². The lowest BCUT2D eigenvalue weighted by Crippen LogP contribution is -2.30. The average molecular weight is 361 g/mol. The number of hydrogen-bond acceptors (Lipinski definition) is 5. The predicted molar refractivity (Wildman–Crippen MR) is 102 cm³/mol. The van der Waals surface area contributed by atoms with E-state index in [0.717, 1.165) is 11.5 Å². The fraction of sp³-hybridized carbons (Fsp3) is 0.158. The Bertz CT molecular complexity index is 1050. The molecular formula is C19H19N7O. The van der Waals surface area contributed by atoms with Gasteiger partial charge in [-0.1, -0.05) is 6.07 Å². The molecule has 0 atom stereocenters. The van der Waals surface area contributed by atoms with Crippen molar-refractivity contribution in [2.45, 2.75) is 6.92 Å². The summed E-state index contributed by atoms with van der Waals surface area (Å²) < 4.78 is 3.68. The molecule has 0 fully saturated rings. The number of amides is 1. The van der Waals surface area contributed by atoms with Crippen molar-refractivity contribution in [1.29, 1.82) is 0 Å². The second-order valence-electron chi connectivity index (χ2n) is 6.02. The molecule has 0 saturated carbocycles. The lowest BCUT2D eigenvalue weighted by molar-refractivity contribution is 0.0948. The van der Waals surface area contributed by atoms with Gasteiger partial charge in [0.15, 0.2) is 5.82 Å². The number of pyridine rings is 1. The highest BCUT2D eigenvalue weighted by molar-refractivity contribution is 5.94. The molecule has 0 radical (unpaired) electrons. The van der Waals surface area contributed by atoms with Crippen molar-refractivity contribution in [3.63, 3.8) is 0 Å². The zero-order valence-corrected chi connectivity index (χ0v) is 14.8. The molecule has 4 aromatic heterocycles. The van der Waals surface area contributed by atoms with E-state index in [1.807, 2.05) is 72.5 Å². The maximum atomic E-state index is 12.5. The summed E-state index contributed by atoms with van der Waals surface area (Å²) in [5.74, 6) is 1.26. The Hall–Kier alpha value is -3.68. The van der Waals surface area contributed by atoms with Gasteiger partial charge in [-0.25, -0.2) is 4.98 Å². The van der Waals surface area contributed by atoms with Gasteiger partial charge < -0.3 is 15.2 Å². The maximum absolute atomic E-state index is 12.5. The predicted octanol–water partition coefficient (Wildman–Crippen LogP) is 2.07. The number of carbonyl (C=O) groups excluding carboxylic acids is 1. The number of hydrogen-bond donors (Lipinski definition) is 2. The van der Waals surface area contributed by atoms with Gasteiger partial charge in [-0.3, -0.25) is 9.20 Å². The first-order valence-corrected chi connectivity index (χ1v) is 8.65. The summed E-state index contributed by atoms with van der Waals surface area (Å²) in [5, 5.41) is 14.4. The van der Waals surface area contributed by atoms with Crippen LogP contribution in [0.3, 0.4) is 0 Å². The summed E-state index contributed by atoms with van der Waals surface area (Å²) in [6.45, 7) is 2.83. The molecule has 4 aromatic rings. The fourth-order valence-electron chi connectivity index (χ4n) is 2.88. The highest BCUT2D eigenvalue weighted by Crippen LogP contribution is 2.11. The van der Waals surface area contributed by atoms with Crippen LogP contribution in [-0.4, -0.2) is 43.1 Å². The van der Waals surface area contributed by atoms with E-state index in [0.29, 0.717) is 30.3 Å². The second kappa shape index (κ2) is 7.28. The van der Waals surface area contributed by atoms with Crippen LogP contribution in [0.25, 0.3) is 11.5 Å². The molecule has 0 bridgehead atoms. The van der Waals surface area contributed by atoms with E-state index in [-0.39, 0.29) is 5.91 Å². The summed E-state index contributed by atoms with van der Waals surface area (Å²) in [6.07, 6.45) is 5.66. The molecule has 0 aliphatic carbocycles. The van der Waals surface area contributed by atoms with Crippen LogP contribution in [0.1, 0.15) is 16.2 Å². The van der Waals surface area contributed by atoms with E-state index in [1.165, 1.54) is 0 Å². The van der Waals surface area contributed by atoms with E-state index in [9.17, 15) is 4.79 Å². The standard InChI is InChI=1S/C19H19N7O/c1-14-18(26-13-3-2-6-16(26)22-14)19(27)21-10-9-20-15-7-8-17(24-23-15)25-11-4-5-12-25/h2-8,11-13H,9-10H2,1H3,(H,20,23)(H,21,27). The zero-order valence-electron chi connectivity index (χ0n) is 14.8. The largest absolute Gasteiger partial charge is 0.367 e. The molecule has 2 N–H and O–H groups in total. The van der Waals surface area contributed by atoms with Gasteiger partial charge in [0.1, 0.15) is 17.2 Å². The molecule has 27 heavy (non-hydrogen) atoms. The number of carbonyl (C=O) groups is 1. The number of fused-ring (bicyclic) bond motifs is 1. The summed E-state index contributed by atoms with van der Waals surface area (Å²) in [5.41, 5.74) is 2.02. The van der Waals surface area contributed by atoms with Crippen molar-refractivity contribution < 1.29 is 4.79 Å². The maximum Gasteiger partial charge on any atom is 0.270 e. The van der Waals surface area contributed by atoms with Crippen LogP contribution in [0.2, 0.25) is 0 Å². The highest BCUT2D eigenvalue weighted by atomic mass is 16.1. The van der Waals surface area contributed by atoms with Gasteiger partial charge in [-0.05, 0) is 43.3 Å². The minimum Gasteiger partial charge on any atom is -0.367 e. The molecule has 0 aromatic carbocycles. The monoisotopic (exact) mass is 361 g/mol. The highest BCUT2D eigenvalue weighted by Gasteiger charge is 2.15. The third kappa shape index (κ3) is 3.50. The minimum absolute atomic E-state index is 0.151. The third-order valence-electron chi connectivity index (χ3n) is 4.16. The molecule has 4 heterocycles. The topological polar surface area (TPSA) is 89.1 Å². The number of rotatable bonds is 6. The lowest BCUT2D eigenvalue weighted by Gasteiger charge is -2.08. The van der Waals surface area contributed by atoms with Crippen LogP contribution < -0.4 is 10.6 Å². The molecule has 4 rings (SSSR count). The Kier molecular flexibility index (Phi) is 4.52. The average Bonchev–Trinajstić information content (AvgIpc) is 3.32. The summed E-state index contributed by atoms with van der Waals surface area (Å²) in [4.78, 5) is 16.9. The molecule has 0 aliphatic heterocycles. The minimum atomic E-state index is -0.151. The first kappa shape index (κ1) is 16.8. The van der Waals surface area contributed by atoms with Gasteiger partial charge >= 0.3 is 0 Å². The Morgan fingerprint density at radius 3 is 2.59 bits per heavy atom. The van der Waals surface area contributed by atoms with Crippen molar-refractivity contribution >= 4 is 17.4 Å². The molecule has 0 aliphatic rings. The van der Waals surface area contributed by atoms with Crippen molar-refractivity contribution in [2.75, 3.05) is 18.4 Å². The van der Waals surface area contributed by atoms with E-state index >= 15 is 0 Å². The molecule has 0 spiro atoms. The van der Waals surface area contributed by atoms with Crippen LogP contribution in [-0.2, 0) is 0 Å². The van der Waals surface area contributed by atoms with Gasteiger partial charge in [-0.15, -0.1) is 10.2 Å². The zero-order chi connectivity index (χ0) is 18.6. The van der Waals surface area contributed by atoms with Crippen LogP contribution in [0.5, 0.6) is 0 Å².